The van der Waals surface area contributed by atoms with Gasteiger partial charge in [0.15, 0.2) is 0 Å². The van der Waals surface area contributed by atoms with Crippen molar-refractivity contribution in [2.75, 3.05) is 0 Å². The molecule has 0 radical (unpaired) electrons. The summed E-state index contributed by atoms with van der Waals surface area (Å²) in [6, 6.07) is 7.68. The highest BCUT2D eigenvalue weighted by molar-refractivity contribution is 9.10. The molecule has 0 amide bonds. The molecule has 1 heterocycles. The van der Waals surface area contributed by atoms with E-state index in [0.717, 1.165) is 21.2 Å². The lowest BCUT2D eigenvalue weighted by Gasteiger charge is -2.05. The SMILES string of the molecule is C=CC(NN)c1cc2cccc(Br)c2o1. The molecule has 78 valence electrons. The summed E-state index contributed by atoms with van der Waals surface area (Å²) in [5.41, 5.74) is 3.45. The van der Waals surface area contributed by atoms with Crippen LogP contribution in [0.5, 0.6) is 0 Å². The molecule has 0 bridgehead atoms. The van der Waals surface area contributed by atoms with Crippen molar-refractivity contribution >= 4 is 26.9 Å². The predicted molar refractivity (Wildman–Crippen MR) is 64.2 cm³/mol. The minimum atomic E-state index is -0.163. The van der Waals surface area contributed by atoms with E-state index in [4.69, 9.17) is 10.3 Å². The van der Waals surface area contributed by atoms with Crippen LogP contribution in [0.25, 0.3) is 11.0 Å². The molecule has 2 rings (SSSR count). The smallest absolute Gasteiger partial charge is 0.148 e. The summed E-state index contributed by atoms with van der Waals surface area (Å²) in [6.07, 6.45) is 1.70. The minimum Gasteiger partial charge on any atom is -0.458 e. The number of nitrogens with two attached hydrogens (primary N) is 1. The van der Waals surface area contributed by atoms with E-state index in [2.05, 4.69) is 27.9 Å². The Bertz CT molecular complexity index is 492. The van der Waals surface area contributed by atoms with Crippen molar-refractivity contribution in [2.45, 2.75) is 6.04 Å². The van der Waals surface area contributed by atoms with Crippen LogP contribution in [-0.4, -0.2) is 0 Å². The molecule has 2 aromatic rings. The van der Waals surface area contributed by atoms with Gasteiger partial charge in [-0.3, -0.25) is 5.84 Å². The van der Waals surface area contributed by atoms with E-state index >= 15 is 0 Å². The van der Waals surface area contributed by atoms with Gasteiger partial charge in [0.05, 0.1) is 10.5 Å². The topological polar surface area (TPSA) is 51.2 Å². The fraction of sp³-hybridized carbons (Fsp3) is 0.0909. The van der Waals surface area contributed by atoms with Crippen molar-refractivity contribution in [1.29, 1.82) is 0 Å². The molecule has 3 nitrogen and oxygen atoms in total. The number of rotatable bonds is 3. The van der Waals surface area contributed by atoms with Crippen molar-refractivity contribution < 1.29 is 4.42 Å². The Hall–Kier alpha value is -1.10. The fourth-order valence-electron chi connectivity index (χ4n) is 1.47. The number of furan rings is 1. The van der Waals surface area contributed by atoms with E-state index in [1.807, 2.05) is 24.3 Å². The first-order valence-corrected chi connectivity index (χ1v) is 5.32. The molecule has 1 atom stereocenters. The number of hydrogen-bond donors (Lipinski definition) is 2. The van der Waals surface area contributed by atoms with Gasteiger partial charge in [-0.2, -0.15) is 0 Å². The van der Waals surface area contributed by atoms with Gasteiger partial charge in [0, 0.05) is 5.39 Å². The van der Waals surface area contributed by atoms with E-state index in [-0.39, 0.29) is 6.04 Å². The van der Waals surface area contributed by atoms with E-state index in [1.165, 1.54) is 0 Å². The van der Waals surface area contributed by atoms with Crippen molar-refractivity contribution in [2.24, 2.45) is 5.84 Å². The number of hydrogen-bond acceptors (Lipinski definition) is 3. The normalized spacial score (nSPS) is 12.9. The van der Waals surface area contributed by atoms with Gasteiger partial charge in [0.2, 0.25) is 0 Å². The molecule has 1 unspecified atom stereocenters. The van der Waals surface area contributed by atoms with Crippen LogP contribution in [0.4, 0.5) is 0 Å². The highest BCUT2D eigenvalue weighted by atomic mass is 79.9. The third-order valence-corrected chi connectivity index (χ3v) is 2.86. The second-order valence-corrected chi connectivity index (χ2v) is 4.04. The summed E-state index contributed by atoms with van der Waals surface area (Å²) in [6.45, 7) is 3.69. The molecule has 0 fully saturated rings. The lowest BCUT2D eigenvalue weighted by molar-refractivity contribution is 0.484. The van der Waals surface area contributed by atoms with Gasteiger partial charge in [-0.1, -0.05) is 18.2 Å². The zero-order chi connectivity index (χ0) is 10.8. The van der Waals surface area contributed by atoms with Gasteiger partial charge >= 0.3 is 0 Å². The maximum Gasteiger partial charge on any atom is 0.148 e. The molecular weight excluding hydrogens is 256 g/mol. The summed E-state index contributed by atoms with van der Waals surface area (Å²) < 4.78 is 6.62. The Morgan fingerprint density at radius 1 is 1.53 bits per heavy atom. The summed E-state index contributed by atoms with van der Waals surface area (Å²) >= 11 is 3.43. The van der Waals surface area contributed by atoms with Gasteiger partial charge in [0.1, 0.15) is 11.3 Å². The molecule has 0 saturated carbocycles. The number of hydrazine groups is 1. The molecule has 3 N–H and O–H groups in total. The molecule has 1 aromatic heterocycles. The quantitative estimate of drug-likeness (QED) is 0.510. The van der Waals surface area contributed by atoms with Gasteiger partial charge in [-0.05, 0) is 28.1 Å². The number of fused-ring (bicyclic) bond motifs is 1. The third-order valence-electron chi connectivity index (χ3n) is 2.24. The molecule has 1 aromatic carbocycles. The Labute approximate surface area is 96.0 Å². The maximum atomic E-state index is 5.68. The highest BCUT2D eigenvalue weighted by Crippen LogP contribution is 2.29. The average Bonchev–Trinajstić information content (AvgIpc) is 2.65. The Kier molecular flexibility index (Phi) is 2.90. The lowest BCUT2D eigenvalue weighted by Crippen LogP contribution is -2.25. The van der Waals surface area contributed by atoms with Crippen LogP contribution in [0.3, 0.4) is 0 Å². The molecule has 0 saturated heterocycles. The Morgan fingerprint density at radius 3 is 2.93 bits per heavy atom. The third kappa shape index (κ3) is 1.84. The van der Waals surface area contributed by atoms with Crippen molar-refractivity contribution in [1.82, 2.24) is 5.43 Å². The van der Waals surface area contributed by atoms with Crippen LogP contribution in [0.1, 0.15) is 11.8 Å². The van der Waals surface area contributed by atoms with Gasteiger partial charge in [-0.25, -0.2) is 5.43 Å². The van der Waals surface area contributed by atoms with E-state index < -0.39 is 0 Å². The summed E-state index contributed by atoms with van der Waals surface area (Å²) in [7, 11) is 0. The van der Waals surface area contributed by atoms with Gasteiger partial charge < -0.3 is 4.42 Å². The van der Waals surface area contributed by atoms with Crippen LogP contribution in [-0.2, 0) is 0 Å². The van der Waals surface area contributed by atoms with E-state index in [1.54, 1.807) is 6.08 Å². The largest absolute Gasteiger partial charge is 0.458 e. The standard InChI is InChI=1S/C11H11BrN2O/c1-2-9(14-13)10-6-7-4-3-5-8(12)11(7)15-10/h2-6,9,14H,1,13H2. The second kappa shape index (κ2) is 4.18. The summed E-state index contributed by atoms with van der Waals surface area (Å²) in [5, 5.41) is 1.04. The molecule has 4 heteroatoms. The van der Waals surface area contributed by atoms with Crippen molar-refractivity contribution in [3.05, 3.63) is 47.2 Å². The Morgan fingerprint density at radius 2 is 2.33 bits per heavy atom. The number of benzene rings is 1. The van der Waals surface area contributed by atoms with Crippen LogP contribution >= 0.6 is 15.9 Å². The highest BCUT2D eigenvalue weighted by Gasteiger charge is 2.12. The zero-order valence-electron chi connectivity index (χ0n) is 8.03. The summed E-state index contributed by atoms with van der Waals surface area (Å²) in [4.78, 5) is 0. The van der Waals surface area contributed by atoms with Crippen LogP contribution in [0, 0.1) is 0 Å². The summed E-state index contributed by atoms with van der Waals surface area (Å²) in [5.74, 6) is 6.14. The maximum absolute atomic E-state index is 5.68. The van der Waals surface area contributed by atoms with Crippen LogP contribution in [0.15, 0.2) is 45.8 Å². The molecular formula is C11H11BrN2O. The van der Waals surface area contributed by atoms with Crippen LogP contribution < -0.4 is 11.3 Å². The monoisotopic (exact) mass is 266 g/mol. The van der Waals surface area contributed by atoms with Crippen molar-refractivity contribution in [3.63, 3.8) is 0 Å². The molecule has 0 aliphatic rings. The molecule has 0 aliphatic carbocycles. The van der Waals surface area contributed by atoms with E-state index in [0.29, 0.717) is 0 Å². The van der Waals surface area contributed by atoms with Crippen molar-refractivity contribution in [3.8, 4) is 0 Å². The molecule has 15 heavy (non-hydrogen) atoms. The number of halogens is 1. The number of para-hydroxylation sites is 1. The first kappa shape index (κ1) is 10.4. The first-order chi connectivity index (χ1) is 7.26. The Balaban J connectivity index is 2.55. The van der Waals surface area contributed by atoms with Crippen LogP contribution in [0.2, 0.25) is 0 Å². The minimum absolute atomic E-state index is 0.163. The number of nitrogens with one attached hydrogen (secondary N) is 1. The van der Waals surface area contributed by atoms with E-state index in [9.17, 15) is 0 Å². The predicted octanol–water partition coefficient (Wildman–Crippen LogP) is 2.89. The van der Waals surface area contributed by atoms with Gasteiger partial charge in [-0.15, -0.1) is 6.58 Å². The average molecular weight is 267 g/mol. The second-order valence-electron chi connectivity index (χ2n) is 3.19. The fourth-order valence-corrected chi connectivity index (χ4v) is 1.93. The zero-order valence-corrected chi connectivity index (χ0v) is 9.62. The van der Waals surface area contributed by atoms with Gasteiger partial charge in [0.25, 0.3) is 0 Å². The first-order valence-electron chi connectivity index (χ1n) is 4.53. The molecule has 0 aliphatic heterocycles. The lowest BCUT2D eigenvalue weighted by atomic mass is 10.2. The molecule has 0 spiro atoms.